The van der Waals surface area contributed by atoms with Crippen molar-refractivity contribution in [3.05, 3.63) is 60.7 Å². The Balaban J connectivity index is 2.18. The molecule has 0 aromatic heterocycles. The summed E-state index contributed by atoms with van der Waals surface area (Å²) < 4.78 is 6.96. The number of aromatic hydroxyl groups is 1. The monoisotopic (exact) mass is 520 g/mol. The van der Waals surface area contributed by atoms with Gasteiger partial charge in [0.1, 0.15) is 11.5 Å². The summed E-state index contributed by atoms with van der Waals surface area (Å²) >= 11 is 4.14. The smallest absolute Gasteiger partial charge is 0.189 e. The van der Waals surface area contributed by atoms with Crippen LogP contribution in [0.15, 0.2) is 42.5 Å². The maximum absolute atomic E-state index is 12.2. The van der Waals surface area contributed by atoms with Crippen LogP contribution in [-0.4, -0.2) is 17.5 Å². The molecule has 0 aliphatic rings. The molecule has 114 valence electrons. The maximum Gasteiger partial charge on any atom is 0.189 e. The van der Waals surface area contributed by atoms with Crippen molar-refractivity contribution in [3.8, 4) is 11.5 Å². The molecule has 0 bridgehead atoms. The molecule has 0 fully saturated rings. The first kappa shape index (κ1) is 17.3. The van der Waals surface area contributed by atoms with Crippen LogP contribution in [0.25, 0.3) is 6.08 Å². The van der Waals surface area contributed by atoms with Crippen LogP contribution in [0.1, 0.15) is 22.8 Å². The first-order chi connectivity index (χ1) is 10.5. The fourth-order valence-electron chi connectivity index (χ4n) is 1.86. The second-order valence-corrected chi connectivity index (χ2v) is 6.89. The number of phenolic OH excluding ortho intramolecular Hbond substituents is 1. The Morgan fingerprint density at radius 2 is 1.91 bits per heavy atom. The summed E-state index contributed by atoms with van der Waals surface area (Å²) in [6, 6.07) is 11.0. The SMILES string of the molecule is CCOc1ccc(/C=C/C(=O)c2cc(I)cc(I)c2O)cc1. The van der Waals surface area contributed by atoms with Gasteiger partial charge in [0.15, 0.2) is 5.78 Å². The van der Waals surface area contributed by atoms with Gasteiger partial charge < -0.3 is 9.84 Å². The van der Waals surface area contributed by atoms with E-state index in [1.54, 1.807) is 12.1 Å². The van der Waals surface area contributed by atoms with Gasteiger partial charge in [-0.2, -0.15) is 0 Å². The van der Waals surface area contributed by atoms with Gasteiger partial charge in [-0.25, -0.2) is 0 Å². The average Bonchev–Trinajstić information content (AvgIpc) is 2.50. The summed E-state index contributed by atoms with van der Waals surface area (Å²) in [4.78, 5) is 12.2. The third-order valence-electron chi connectivity index (χ3n) is 2.91. The Hall–Kier alpha value is -1.09. The van der Waals surface area contributed by atoms with Gasteiger partial charge in [0, 0.05) is 3.57 Å². The molecular weight excluding hydrogens is 506 g/mol. The van der Waals surface area contributed by atoms with Crippen molar-refractivity contribution in [3.63, 3.8) is 0 Å². The minimum Gasteiger partial charge on any atom is -0.506 e. The number of carbonyl (C=O) groups excluding carboxylic acids is 1. The first-order valence-electron chi connectivity index (χ1n) is 6.64. The lowest BCUT2D eigenvalue weighted by Crippen LogP contribution is -1.97. The van der Waals surface area contributed by atoms with Crippen LogP contribution in [-0.2, 0) is 0 Å². The third-order valence-corrected chi connectivity index (χ3v) is 4.36. The summed E-state index contributed by atoms with van der Waals surface area (Å²) in [5.41, 5.74) is 1.22. The Morgan fingerprint density at radius 1 is 1.23 bits per heavy atom. The van der Waals surface area contributed by atoms with E-state index in [0.29, 0.717) is 15.7 Å². The van der Waals surface area contributed by atoms with E-state index in [2.05, 4.69) is 22.6 Å². The topological polar surface area (TPSA) is 46.5 Å². The van der Waals surface area contributed by atoms with Gasteiger partial charge >= 0.3 is 0 Å². The number of hydrogen-bond donors (Lipinski definition) is 1. The number of ether oxygens (including phenoxy) is 1. The van der Waals surface area contributed by atoms with E-state index in [1.165, 1.54) is 6.08 Å². The van der Waals surface area contributed by atoms with Crippen molar-refractivity contribution in [2.45, 2.75) is 6.92 Å². The first-order valence-corrected chi connectivity index (χ1v) is 8.80. The molecule has 0 amide bonds. The Kier molecular flexibility index (Phi) is 6.25. The lowest BCUT2D eigenvalue weighted by Gasteiger charge is -2.04. The molecule has 0 spiro atoms. The van der Waals surface area contributed by atoms with Crippen LogP contribution < -0.4 is 4.74 Å². The number of halogens is 2. The lowest BCUT2D eigenvalue weighted by atomic mass is 10.1. The minimum absolute atomic E-state index is 0.0300. The van der Waals surface area contributed by atoms with E-state index >= 15 is 0 Å². The molecule has 3 nitrogen and oxygen atoms in total. The molecule has 0 heterocycles. The second-order valence-electron chi connectivity index (χ2n) is 4.48. The Bertz CT molecular complexity index is 707. The van der Waals surface area contributed by atoms with Crippen LogP contribution in [0.5, 0.6) is 11.5 Å². The predicted molar refractivity (Wildman–Crippen MR) is 105 cm³/mol. The molecule has 0 unspecified atom stereocenters. The summed E-state index contributed by atoms with van der Waals surface area (Å²) in [6.45, 7) is 2.56. The number of benzene rings is 2. The van der Waals surface area contributed by atoms with E-state index < -0.39 is 0 Å². The molecule has 5 heteroatoms. The van der Waals surface area contributed by atoms with Gasteiger partial charge in [-0.3, -0.25) is 4.79 Å². The van der Waals surface area contributed by atoms with Crippen molar-refractivity contribution in [2.24, 2.45) is 0 Å². The number of phenols is 1. The molecule has 0 aliphatic heterocycles. The minimum atomic E-state index is -0.220. The number of carbonyl (C=O) groups is 1. The highest BCUT2D eigenvalue weighted by atomic mass is 127. The molecule has 0 saturated heterocycles. The van der Waals surface area contributed by atoms with Crippen molar-refractivity contribution >= 4 is 57.0 Å². The maximum atomic E-state index is 12.2. The lowest BCUT2D eigenvalue weighted by molar-refractivity contribution is 0.104. The van der Waals surface area contributed by atoms with Crippen molar-refractivity contribution in [1.82, 2.24) is 0 Å². The molecule has 0 radical (unpaired) electrons. The number of allylic oxidation sites excluding steroid dienone is 1. The van der Waals surface area contributed by atoms with Crippen molar-refractivity contribution in [2.75, 3.05) is 6.61 Å². The quantitative estimate of drug-likeness (QED) is 0.347. The van der Waals surface area contributed by atoms with Crippen LogP contribution in [0, 0.1) is 7.14 Å². The zero-order valence-electron chi connectivity index (χ0n) is 11.8. The summed E-state index contributed by atoms with van der Waals surface area (Å²) in [5, 5.41) is 10.0. The third kappa shape index (κ3) is 4.45. The van der Waals surface area contributed by atoms with Crippen molar-refractivity contribution < 1.29 is 14.6 Å². The standard InChI is InChI=1S/C17H14I2O3/c1-2-22-13-6-3-11(4-7-13)5-8-16(20)14-9-12(18)10-15(19)17(14)21/h3-10,21H,2H2,1H3/b8-5+. The van der Waals surface area contributed by atoms with E-state index in [4.69, 9.17) is 4.74 Å². The molecular formula is C17H14I2O3. The molecule has 0 aliphatic carbocycles. The van der Waals surface area contributed by atoms with E-state index in [1.807, 2.05) is 59.8 Å². The average molecular weight is 520 g/mol. The van der Waals surface area contributed by atoms with Gasteiger partial charge in [-0.05, 0) is 88.0 Å². The number of ketones is 1. The molecule has 1 N–H and O–H groups in total. The highest BCUT2D eigenvalue weighted by Gasteiger charge is 2.12. The molecule has 0 atom stereocenters. The van der Waals surface area contributed by atoms with Crippen LogP contribution >= 0.6 is 45.2 Å². The zero-order valence-corrected chi connectivity index (χ0v) is 16.2. The Morgan fingerprint density at radius 3 is 2.55 bits per heavy atom. The molecule has 22 heavy (non-hydrogen) atoms. The summed E-state index contributed by atoms with van der Waals surface area (Å²) in [5.74, 6) is 0.612. The fraction of sp³-hybridized carbons (Fsp3) is 0.118. The van der Waals surface area contributed by atoms with Crippen LogP contribution in [0.4, 0.5) is 0 Å². The molecule has 2 aromatic carbocycles. The van der Waals surface area contributed by atoms with Gasteiger partial charge in [0.25, 0.3) is 0 Å². The van der Waals surface area contributed by atoms with Gasteiger partial charge in [0.05, 0.1) is 15.7 Å². The predicted octanol–water partition coefficient (Wildman–Crippen LogP) is 4.90. The molecule has 0 saturated carbocycles. The van der Waals surface area contributed by atoms with E-state index in [0.717, 1.165) is 14.9 Å². The van der Waals surface area contributed by atoms with Gasteiger partial charge in [-0.15, -0.1) is 0 Å². The largest absolute Gasteiger partial charge is 0.506 e. The molecule has 2 aromatic rings. The summed E-state index contributed by atoms with van der Waals surface area (Å²) in [7, 11) is 0. The number of hydrogen-bond acceptors (Lipinski definition) is 3. The fourth-order valence-corrected chi connectivity index (χ4v) is 3.70. The van der Waals surface area contributed by atoms with Crippen molar-refractivity contribution in [1.29, 1.82) is 0 Å². The second kappa shape index (κ2) is 7.96. The van der Waals surface area contributed by atoms with Crippen LogP contribution in [0.3, 0.4) is 0 Å². The highest BCUT2D eigenvalue weighted by molar-refractivity contribution is 14.1. The van der Waals surface area contributed by atoms with E-state index in [-0.39, 0.29) is 11.5 Å². The summed E-state index contributed by atoms with van der Waals surface area (Å²) in [6.07, 6.45) is 3.20. The zero-order chi connectivity index (χ0) is 16.1. The Labute approximate surface area is 156 Å². The number of rotatable bonds is 5. The van der Waals surface area contributed by atoms with E-state index in [9.17, 15) is 9.90 Å². The highest BCUT2D eigenvalue weighted by Crippen LogP contribution is 2.27. The van der Waals surface area contributed by atoms with Gasteiger partial charge in [0.2, 0.25) is 0 Å². The van der Waals surface area contributed by atoms with Crippen LogP contribution in [0.2, 0.25) is 0 Å². The molecule has 2 rings (SSSR count). The van der Waals surface area contributed by atoms with Gasteiger partial charge in [-0.1, -0.05) is 18.2 Å². The normalized spacial score (nSPS) is 10.9.